The maximum atomic E-state index is 12.9. The van der Waals surface area contributed by atoms with E-state index in [9.17, 15) is 19.5 Å². The first-order valence-electron chi connectivity index (χ1n) is 26.8. The number of carbonyl (C=O) groups excluding carboxylic acids is 3. The van der Waals surface area contributed by atoms with Gasteiger partial charge in [0.15, 0.2) is 5.82 Å². The van der Waals surface area contributed by atoms with E-state index in [1.165, 1.54) is 109 Å². The number of nitrogens with zero attached hydrogens (tertiary/aromatic N) is 3. The molecule has 368 valence electrons. The van der Waals surface area contributed by atoms with Crippen LogP contribution in [-0.4, -0.2) is 82.4 Å². The average Bonchev–Trinajstić information content (AvgIpc) is 3.71. The zero-order valence-electron chi connectivity index (χ0n) is 41.6. The standard InChI is InChI=1S/C53H100N4O6/c1-5-8-11-14-17-18-19-25-35-46-62-50(59)39-30-26-34-44-57(47-48(58)36-31-32-41-55-53(61)52-54-42-45-56(52)4)43-33-24-20-23-29-40-51(60)63-49(37-27-21-15-12-9-6-2)38-28-22-16-13-10-7-3/h42,45,48-49,58H,5-41,43-44,46-47H2,1-4H3,(H,55,61). The topological polar surface area (TPSA) is 123 Å². The lowest BCUT2D eigenvalue weighted by Crippen LogP contribution is -2.34. The lowest BCUT2D eigenvalue weighted by molar-refractivity contribution is -0.150. The lowest BCUT2D eigenvalue weighted by atomic mass is 10.0. The molecule has 1 aromatic heterocycles. The largest absolute Gasteiger partial charge is 0.466 e. The summed E-state index contributed by atoms with van der Waals surface area (Å²) >= 11 is 0. The smallest absolute Gasteiger partial charge is 0.306 e. The molecule has 0 spiro atoms. The van der Waals surface area contributed by atoms with Gasteiger partial charge in [-0.25, -0.2) is 4.98 Å². The van der Waals surface area contributed by atoms with Crippen molar-refractivity contribution in [2.75, 3.05) is 32.8 Å². The van der Waals surface area contributed by atoms with E-state index < -0.39 is 6.10 Å². The summed E-state index contributed by atoms with van der Waals surface area (Å²) < 4.78 is 13.3. The summed E-state index contributed by atoms with van der Waals surface area (Å²) in [4.78, 5) is 44.1. The van der Waals surface area contributed by atoms with E-state index >= 15 is 0 Å². The molecule has 1 unspecified atom stereocenters. The van der Waals surface area contributed by atoms with Crippen LogP contribution in [0, 0.1) is 0 Å². The number of aryl methyl sites for hydroxylation is 1. The van der Waals surface area contributed by atoms with E-state index in [1.54, 1.807) is 24.0 Å². The Balaban J connectivity index is 2.42. The molecule has 10 heteroatoms. The van der Waals surface area contributed by atoms with E-state index in [-0.39, 0.29) is 23.9 Å². The maximum Gasteiger partial charge on any atom is 0.306 e. The van der Waals surface area contributed by atoms with Gasteiger partial charge in [0, 0.05) is 45.4 Å². The highest BCUT2D eigenvalue weighted by Gasteiger charge is 2.16. The Kier molecular flexibility index (Phi) is 40.4. The molecular weight excluding hydrogens is 789 g/mol. The Morgan fingerprint density at radius 1 is 0.603 bits per heavy atom. The third-order valence-electron chi connectivity index (χ3n) is 12.5. The quantitative estimate of drug-likeness (QED) is 0.0490. The molecule has 0 aliphatic rings. The van der Waals surface area contributed by atoms with Crippen molar-refractivity contribution in [1.82, 2.24) is 19.8 Å². The summed E-state index contributed by atoms with van der Waals surface area (Å²) in [6.07, 6.45) is 42.7. The van der Waals surface area contributed by atoms with Crippen LogP contribution in [0.5, 0.6) is 0 Å². The highest BCUT2D eigenvalue weighted by atomic mass is 16.5. The number of rotatable bonds is 47. The van der Waals surface area contributed by atoms with E-state index in [1.807, 2.05) is 0 Å². The van der Waals surface area contributed by atoms with Crippen LogP contribution >= 0.6 is 0 Å². The molecule has 1 atom stereocenters. The zero-order valence-corrected chi connectivity index (χ0v) is 41.6. The molecule has 2 N–H and O–H groups in total. The van der Waals surface area contributed by atoms with Gasteiger partial charge in [0.1, 0.15) is 6.10 Å². The molecule has 0 saturated carbocycles. The molecule has 63 heavy (non-hydrogen) atoms. The Morgan fingerprint density at radius 2 is 1.06 bits per heavy atom. The molecule has 0 aliphatic heterocycles. The van der Waals surface area contributed by atoms with Crippen molar-refractivity contribution in [2.45, 2.75) is 264 Å². The second kappa shape index (κ2) is 43.4. The number of aromatic nitrogens is 2. The predicted octanol–water partition coefficient (Wildman–Crippen LogP) is 13.4. The number of hydrogen-bond acceptors (Lipinski definition) is 8. The second-order valence-electron chi connectivity index (χ2n) is 18.7. The normalized spacial score (nSPS) is 12.0. The van der Waals surface area contributed by atoms with Crippen molar-refractivity contribution in [3.63, 3.8) is 0 Å². The molecule has 10 nitrogen and oxygen atoms in total. The third-order valence-corrected chi connectivity index (χ3v) is 12.5. The number of ether oxygens (including phenoxy) is 2. The van der Waals surface area contributed by atoms with Crippen molar-refractivity contribution in [2.24, 2.45) is 7.05 Å². The van der Waals surface area contributed by atoms with Crippen LogP contribution in [0.25, 0.3) is 0 Å². The van der Waals surface area contributed by atoms with Gasteiger partial charge in [0.2, 0.25) is 0 Å². The maximum absolute atomic E-state index is 12.9. The van der Waals surface area contributed by atoms with E-state index in [0.29, 0.717) is 44.8 Å². The predicted molar refractivity (Wildman–Crippen MR) is 262 cm³/mol. The van der Waals surface area contributed by atoms with Crippen molar-refractivity contribution >= 4 is 17.8 Å². The van der Waals surface area contributed by atoms with Crippen LogP contribution in [0.3, 0.4) is 0 Å². The molecule has 0 aliphatic carbocycles. The summed E-state index contributed by atoms with van der Waals surface area (Å²) in [5.74, 6) is 0.139. The van der Waals surface area contributed by atoms with Crippen molar-refractivity contribution in [1.29, 1.82) is 0 Å². The summed E-state index contributed by atoms with van der Waals surface area (Å²) in [6, 6.07) is 0. The fourth-order valence-corrected chi connectivity index (χ4v) is 8.45. The third kappa shape index (κ3) is 36.5. The molecular formula is C53H100N4O6. The first-order chi connectivity index (χ1) is 30.8. The number of carbonyl (C=O) groups is 3. The van der Waals surface area contributed by atoms with Gasteiger partial charge in [-0.15, -0.1) is 0 Å². The summed E-state index contributed by atoms with van der Waals surface area (Å²) in [6.45, 7) is 10.3. The van der Waals surface area contributed by atoms with Gasteiger partial charge in [-0.3, -0.25) is 14.4 Å². The fourth-order valence-electron chi connectivity index (χ4n) is 8.45. The minimum Gasteiger partial charge on any atom is -0.466 e. The Bertz CT molecular complexity index is 1180. The second-order valence-corrected chi connectivity index (χ2v) is 18.7. The zero-order chi connectivity index (χ0) is 45.9. The number of hydrogen-bond donors (Lipinski definition) is 2. The number of imidazole rings is 1. The van der Waals surface area contributed by atoms with Crippen LogP contribution in [0.15, 0.2) is 12.4 Å². The van der Waals surface area contributed by atoms with E-state index in [4.69, 9.17) is 9.47 Å². The van der Waals surface area contributed by atoms with Crippen LogP contribution in [0.4, 0.5) is 0 Å². The molecule has 0 radical (unpaired) electrons. The molecule has 1 rings (SSSR count). The highest BCUT2D eigenvalue weighted by Crippen LogP contribution is 2.19. The summed E-state index contributed by atoms with van der Waals surface area (Å²) in [5, 5.41) is 13.9. The number of aliphatic hydroxyl groups excluding tert-OH is 1. The minimum atomic E-state index is -0.428. The van der Waals surface area contributed by atoms with Crippen molar-refractivity contribution in [3.05, 3.63) is 18.2 Å². The van der Waals surface area contributed by atoms with Crippen LogP contribution < -0.4 is 5.32 Å². The van der Waals surface area contributed by atoms with E-state index in [0.717, 1.165) is 116 Å². The number of unbranched alkanes of at least 4 members (excludes halogenated alkanes) is 25. The Morgan fingerprint density at radius 3 is 1.60 bits per heavy atom. The molecule has 0 fully saturated rings. The average molecular weight is 889 g/mol. The van der Waals surface area contributed by atoms with Gasteiger partial charge in [-0.05, 0) is 90.1 Å². The van der Waals surface area contributed by atoms with Gasteiger partial charge in [-0.1, -0.05) is 162 Å². The first-order valence-corrected chi connectivity index (χ1v) is 26.8. The summed E-state index contributed by atoms with van der Waals surface area (Å²) in [5.41, 5.74) is 0. The van der Waals surface area contributed by atoms with Gasteiger partial charge in [-0.2, -0.15) is 0 Å². The Hall–Kier alpha value is -2.46. The SMILES string of the molecule is CCCCCCCCCCCOC(=O)CCCCCN(CCCCCCCC(=O)OC(CCCCCCCC)CCCCCCCC)CC(O)CCCCNC(=O)c1nccn1C. The summed E-state index contributed by atoms with van der Waals surface area (Å²) in [7, 11) is 1.81. The number of amides is 1. The molecule has 0 bridgehead atoms. The van der Waals surface area contributed by atoms with Crippen LogP contribution in [-0.2, 0) is 26.1 Å². The number of aliphatic hydroxyl groups is 1. The highest BCUT2D eigenvalue weighted by molar-refractivity contribution is 5.90. The van der Waals surface area contributed by atoms with Crippen LogP contribution in [0.1, 0.15) is 263 Å². The molecule has 0 aromatic carbocycles. The lowest BCUT2D eigenvalue weighted by Gasteiger charge is -2.25. The van der Waals surface area contributed by atoms with Crippen molar-refractivity contribution in [3.8, 4) is 0 Å². The number of nitrogens with one attached hydrogen (secondary N) is 1. The van der Waals surface area contributed by atoms with E-state index in [2.05, 4.69) is 36.0 Å². The molecule has 1 amide bonds. The Labute approximate surface area is 387 Å². The molecule has 1 heterocycles. The monoisotopic (exact) mass is 889 g/mol. The first kappa shape index (κ1) is 58.6. The van der Waals surface area contributed by atoms with Gasteiger partial charge >= 0.3 is 11.9 Å². The fraction of sp³-hybridized carbons (Fsp3) is 0.887. The molecule has 0 saturated heterocycles. The minimum absolute atomic E-state index is 0.0142. The van der Waals surface area contributed by atoms with Gasteiger partial charge in [0.05, 0.1) is 12.7 Å². The van der Waals surface area contributed by atoms with Crippen LogP contribution in [0.2, 0.25) is 0 Å². The van der Waals surface area contributed by atoms with Crippen molar-refractivity contribution < 1.29 is 29.0 Å². The number of esters is 2. The van der Waals surface area contributed by atoms with Gasteiger partial charge < -0.3 is 29.4 Å². The van der Waals surface area contributed by atoms with Gasteiger partial charge in [0.25, 0.3) is 5.91 Å². The molecule has 1 aromatic rings.